The summed E-state index contributed by atoms with van der Waals surface area (Å²) in [7, 11) is -3.39. The van der Waals surface area contributed by atoms with Crippen LogP contribution >= 0.6 is 7.82 Å². The molecule has 0 aliphatic carbocycles. The summed E-state index contributed by atoms with van der Waals surface area (Å²) < 4.78 is 28.6. The van der Waals surface area contributed by atoms with Crippen LogP contribution in [0.4, 0.5) is 0 Å². The van der Waals surface area contributed by atoms with Gasteiger partial charge < -0.3 is 0 Å². The van der Waals surface area contributed by atoms with Crippen LogP contribution in [0.5, 0.6) is 0 Å². The quantitative estimate of drug-likeness (QED) is 0.403. The van der Waals surface area contributed by atoms with E-state index in [-0.39, 0.29) is 12.0 Å². The Kier molecular flexibility index (Phi) is 10.0. The fourth-order valence-electron chi connectivity index (χ4n) is 1.06. The van der Waals surface area contributed by atoms with E-state index in [4.69, 9.17) is 13.6 Å². The van der Waals surface area contributed by atoms with Gasteiger partial charge >= 0.3 is 7.82 Å². The van der Waals surface area contributed by atoms with Gasteiger partial charge in [0.05, 0.1) is 19.3 Å². The molecule has 0 fully saturated rings. The molecule has 110 valence electrons. The minimum Gasteiger partial charge on any atom is -0.287 e. The third-order valence-electron chi connectivity index (χ3n) is 2.73. The first-order valence-corrected chi connectivity index (χ1v) is 8.48. The molecule has 0 aromatic heterocycles. The van der Waals surface area contributed by atoms with Crippen LogP contribution in [0, 0.1) is 5.92 Å². The highest BCUT2D eigenvalue weighted by Crippen LogP contribution is 2.51. The zero-order valence-corrected chi connectivity index (χ0v) is 13.4. The molecule has 0 rings (SSSR count). The van der Waals surface area contributed by atoms with Gasteiger partial charge in [0.25, 0.3) is 0 Å². The van der Waals surface area contributed by atoms with Crippen molar-refractivity contribution in [2.45, 2.75) is 66.4 Å². The molecular formula is C13H29O4P. The lowest BCUT2D eigenvalue weighted by Gasteiger charge is -2.23. The first-order chi connectivity index (χ1) is 8.45. The number of phosphoric acid groups is 1. The average molecular weight is 280 g/mol. The number of unbranched alkanes of at least 4 members (excludes halogenated alkanes) is 2. The van der Waals surface area contributed by atoms with Gasteiger partial charge in [-0.05, 0) is 25.7 Å². The molecule has 0 saturated carbocycles. The Morgan fingerprint density at radius 1 is 0.944 bits per heavy atom. The van der Waals surface area contributed by atoms with Gasteiger partial charge in [-0.15, -0.1) is 0 Å². The highest BCUT2D eigenvalue weighted by Gasteiger charge is 2.30. The van der Waals surface area contributed by atoms with E-state index < -0.39 is 7.82 Å². The molecule has 0 aromatic carbocycles. The van der Waals surface area contributed by atoms with Crippen LogP contribution in [-0.2, 0) is 18.1 Å². The Labute approximate surface area is 112 Å². The lowest BCUT2D eigenvalue weighted by atomic mass is 10.1. The molecule has 0 spiro atoms. The smallest absolute Gasteiger partial charge is 0.287 e. The first kappa shape index (κ1) is 18.1. The van der Waals surface area contributed by atoms with Crippen molar-refractivity contribution in [3.05, 3.63) is 0 Å². The maximum absolute atomic E-state index is 12.4. The van der Waals surface area contributed by atoms with E-state index >= 15 is 0 Å². The molecule has 0 N–H and O–H groups in total. The lowest BCUT2D eigenvalue weighted by Crippen LogP contribution is -2.16. The number of hydrogen-bond acceptors (Lipinski definition) is 4. The Morgan fingerprint density at radius 3 is 1.72 bits per heavy atom. The average Bonchev–Trinajstić information content (AvgIpc) is 2.29. The van der Waals surface area contributed by atoms with Crippen molar-refractivity contribution in [2.75, 3.05) is 13.2 Å². The van der Waals surface area contributed by atoms with Gasteiger partial charge in [0.2, 0.25) is 0 Å². The summed E-state index contributed by atoms with van der Waals surface area (Å²) in [6.07, 6.45) is 3.57. The maximum atomic E-state index is 12.4. The summed E-state index contributed by atoms with van der Waals surface area (Å²) in [6.45, 7) is 10.9. The molecule has 0 bridgehead atoms. The predicted octanol–water partition coefficient (Wildman–Crippen LogP) is 4.79. The second-order valence-electron chi connectivity index (χ2n) is 4.88. The normalized spacial score (nSPS) is 14.1. The van der Waals surface area contributed by atoms with Gasteiger partial charge in [-0.2, -0.15) is 0 Å². The molecule has 5 heteroatoms. The topological polar surface area (TPSA) is 44.8 Å². The summed E-state index contributed by atoms with van der Waals surface area (Å²) in [4.78, 5) is 0. The van der Waals surface area contributed by atoms with Gasteiger partial charge in [0, 0.05) is 0 Å². The zero-order chi connectivity index (χ0) is 14.0. The van der Waals surface area contributed by atoms with Gasteiger partial charge in [-0.25, -0.2) is 4.57 Å². The van der Waals surface area contributed by atoms with Gasteiger partial charge in [-0.1, -0.05) is 40.5 Å². The Morgan fingerprint density at radius 2 is 1.39 bits per heavy atom. The molecule has 0 heterocycles. The van der Waals surface area contributed by atoms with Gasteiger partial charge in [0.15, 0.2) is 0 Å². The number of rotatable bonds is 11. The van der Waals surface area contributed by atoms with Crippen molar-refractivity contribution >= 4 is 7.82 Å². The number of phosphoric ester groups is 1. The zero-order valence-electron chi connectivity index (χ0n) is 12.5. The molecule has 0 aliphatic rings. The van der Waals surface area contributed by atoms with Crippen LogP contribution < -0.4 is 0 Å². The predicted molar refractivity (Wildman–Crippen MR) is 74.7 cm³/mol. The van der Waals surface area contributed by atoms with Crippen molar-refractivity contribution in [3.8, 4) is 0 Å². The molecule has 0 saturated heterocycles. The maximum Gasteiger partial charge on any atom is 0.475 e. The van der Waals surface area contributed by atoms with Crippen LogP contribution in [-0.4, -0.2) is 19.3 Å². The second-order valence-corrected chi connectivity index (χ2v) is 6.50. The SMILES string of the molecule is CCCCOP(=O)(OCCCC)OC(C)C(C)C. The highest BCUT2D eigenvalue weighted by molar-refractivity contribution is 7.48. The van der Waals surface area contributed by atoms with E-state index in [9.17, 15) is 4.57 Å². The molecule has 4 nitrogen and oxygen atoms in total. The lowest BCUT2D eigenvalue weighted by molar-refractivity contribution is 0.0653. The minimum atomic E-state index is -3.39. The minimum absolute atomic E-state index is 0.140. The van der Waals surface area contributed by atoms with Crippen molar-refractivity contribution in [3.63, 3.8) is 0 Å². The molecule has 18 heavy (non-hydrogen) atoms. The molecule has 0 amide bonds. The van der Waals surface area contributed by atoms with Crippen LogP contribution in [0.25, 0.3) is 0 Å². The number of hydrogen-bond donors (Lipinski definition) is 0. The van der Waals surface area contributed by atoms with Crippen LogP contribution in [0.15, 0.2) is 0 Å². The molecule has 0 radical (unpaired) electrons. The first-order valence-electron chi connectivity index (χ1n) is 7.02. The summed E-state index contributed by atoms with van der Waals surface area (Å²) in [5.74, 6) is 0.280. The summed E-state index contributed by atoms with van der Waals surface area (Å²) in [5, 5.41) is 0. The molecule has 0 aromatic rings. The highest BCUT2D eigenvalue weighted by atomic mass is 31.2. The Hall–Kier alpha value is 0.110. The van der Waals surface area contributed by atoms with E-state index in [1.54, 1.807) is 0 Å². The summed E-state index contributed by atoms with van der Waals surface area (Å²) in [5.41, 5.74) is 0. The fourth-order valence-corrected chi connectivity index (χ4v) is 2.62. The van der Waals surface area contributed by atoms with Crippen molar-refractivity contribution in [1.82, 2.24) is 0 Å². The molecular weight excluding hydrogens is 251 g/mol. The van der Waals surface area contributed by atoms with Crippen molar-refractivity contribution in [1.29, 1.82) is 0 Å². The summed E-state index contributed by atoms with van der Waals surface area (Å²) in [6, 6.07) is 0. The van der Waals surface area contributed by atoms with E-state index in [1.165, 1.54) is 0 Å². The van der Waals surface area contributed by atoms with Crippen LogP contribution in [0.1, 0.15) is 60.3 Å². The van der Waals surface area contributed by atoms with Crippen LogP contribution in [0.2, 0.25) is 0 Å². The van der Waals surface area contributed by atoms with Gasteiger partial charge in [-0.3, -0.25) is 13.6 Å². The second kappa shape index (κ2) is 9.96. The standard InChI is InChI=1S/C13H29O4P/c1-6-8-10-15-18(14,16-11-9-7-2)17-13(5)12(3)4/h12-13H,6-11H2,1-5H3. The van der Waals surface area contributed by atoms with E-state index in [0.29, 0.717) is 13.2 Å². The third kappa shape index (κ3) is 8.25. The Balaban J connectivity index is 4.33. The largest absolute Gasteiger partial charge is 0.475 e. The van der Waals surface area contributed by atoms with Crippen LogP contribution in [0.3, 0.4) is 0 Å². The third-order valence-corrected chi connectivity index (χ3v) is 4.32. The fraction of sp³-hybridized carbons (Fsp3) is 1.00. The van der Waals surface area contributed by atoms with E-state index in [2.05, 4.69) is 13.8 Å². The molecule has 1 unspecified atom stereocenters. The van der Waals surface area contributed by atoms with Gasteiger partial charge in [0.1, 0.15) is 0 Å². The molecule has 0 aliphatic heterocycles. The Bertz CT molecular complexity index is 229. The summed E-state index contributed by atoms with van der Waals surface area (Å²) >= 11 is 0. The van der Waals surface area contributed by atoms with Crippen molar-refractivity contribution in [2.24, 2.45) is 5.92 Å². The van der Waals surface area contributed by atoms with E-state index in [1.807, 2.05) is 20.8 Å². The molecule has 1 atom stereocenters. The van der Waals surface area contributed by atoms with E-state index in [0.717, 1.165) is 25.7 Å². The van der Waals surface area contributed by atoms with Crippen molar-refractivity contribution < 1.29 is 18.1 Å². The monoisotopic (exact) mass is 280 g/mol.